The number of ether oxygens (including phenoxy) is 1. The first kappa shape index (κ1) is 17.6. The van der Waals surface area contributed by atoms with Gasteiger partial charge in [-0.15, -0.1) is 0 Å². The van der Waals surface area contributed by atoms with Crippen molar-refractivity contribution in [3.05, 3.63) is 29.8 Å². The summed E-state index contributed by atoms with van der Waals surface area (Å²) < 4.78 is 5.19. The van der Waals surface area contributed by atoms with Crippen LogP contribution in [0.4, 0.5) is 10.5 Å². The summed E-state index contributed by atoms with van der Waals surface area (Å²) in [5.74, 6) is 0. The lowest BCUT2D eigenvalue weighted by molar-refractivity contribution is 0.0530. The van der Waals surface area contributed by atoms with Crippen molar-refractivity contribution in [3.63, 3.8) is 0 Å². The summed E-state index contributed by atoms with van der Waals surface area (Å²) in [6.45, 7) is 10.2. The van der Waals surface area contributed by atoms with E-state index in [-0.39, 0.29) is 6.09 Å². The number of carbonyl (C=O) groups is 1. The van der Waals surface area contributed by atoms with Gasteiger partial charge in [-0.05, 0) is 64.4 Å². The second-order valence-electron chi connectivity index (χ2n) is 7.04. The second kappa shape index (κ2) is 8.20. The molecule has 0 aromatic heterocycles. The fourth-order valence-electron chi connectivity index (χ4n) is 2.61. The number of rotatable bonds is 6. The van der Waals surface area contributed by atoms with Gasteiger partial charge in [-0.2, -0.15) is 0 Å². The molecule has 5 heteroatoms. The molecule has 1 aliphatic rings. The third-order valence-corrected chi connectivity index (χ3v) is 3.68. The highest BCUT2D eigenvalue weighted by Crippen LogP contribution is 2.15. The molecule has 0 spiro atoms. The van der Waals surface area contributed by atoms with E-state index < -0.39 is 5.60 Å². The van der Waals surface area contributed by atoms with Crippen molar-refractivity contribution < 1.29 is 9.53 Å². The van der Waals surface area contributed by atoms with Crippen LogP contribution in [0.15, 0.2) is 24.3 Å². The predicted octanol–water partition coefficient (Wildman–Crippen LogP) is 3.22. The average molecular weight is 319 g/mol. The molecule has 0 radical (unpaired) electrons. The van der Waals surface area contributed by atoms with Crippen molar-refractivity contribution in [1.82, 2.24) is 10.2 Å². The quantitative estimate of drug-likeness (QED) is 0.791. The fourth-order valence-corrected chi connectivity index (χ4v) is 2.61. The summed E-state index contributed by atoms with van der Waals surface area (Å²) in [4.78, 5) is 14.0. The highest BCUT2D eigenvalue weighted by molar-refractivity contribution is 5.67. The van der Waals surface area contributed by atoms with Gasteiger partial charge < -0.3 is 15.4 Å². The number of alkyl carbamates (subject to hydrolysis) is 1. The molecule has 0 atom stereocenters. The molecular formula is C18H29N3O2. The van der Waals surface area contributed by atoms with E-state index in [1.54, 1.807) is 0 Å². The van der Waals surface area contributed by atoms with Crippen LogP contribution >= 0.6 is 0 Å². The van der Waals surface area contributed by atoms with E-state index in [0.29, 0.717) is 13.1 Å². The normalized spacial score (nSPS) is 15.4. The van der Waals surface area contributed by atoms with Crippen molar-refractivity contribution in [1.29, 1.82) is 0 Å². The van der Waals surface area contributed by atoms with Gasteiger partial charge in [-0.1, -0.05) is 12.1 Å². The van der Waals surface area contributed by atoms with Crippen LogP contribution in [0.5, 0.6) is 0 Å². The van der Waals surface area contributed by atoms with E-state index in [2.05, 4.69) is 39.8 Å². The van der Waals surface area contributed by atoms with Gasteiger partial charge in [-0.3, -0.25) is 4.90 Å². The molecule has 1 fully saturated rings. The maximum Gasteiger partial charge on any atom is 0.407 e. The minimum absolute atomic E-state index is 0.375. The molecule has 1 amide bonds. The maximum absolute atomic E-state index is 11.5. The number of nitrogens with one attached hydrogen (secondary N) is 2. The molecule has 0 saturated carbocycles. The van der Waals surface area contributed by atoms with Gasteiger partial charge in [0.05, 0.1) is 0 Å². The van der Waals surface area contributed by atoms with Gasteiger partial charge in [0.1, 0.15) is 5.60 Å². The summed E-state index contributed by atoms with van der Waals surface area (Å²) in [6, 6.07) is 8.53. The smallest absolute Gasteiger partial charge is 0.407 e. The average Bonchev–Trinajstić information content (AvgIpc) is 2.96. The van der Waals surface area contributed by atoms with E-state index in [0.717, 1.165) is 12.2 Å². The zero-order valence-corrected chi connectivity index (χ0v) is 14.5. The van der Waals surface area contributed by atoms with Crippen LogP contribution in [0, 0.1) is 0 Å². The van der Waals surface area contributed by atoms with Gasteiger partial charge in [-0.25, -0.2) is 4.79 Å². The Morgan fingerprint density at radius 3 is 2.39 bits per heavy atom. The third kappa shape index (κ3) is 6.91. The summed E-state index contributed by atoms with van der Waals surface area (Å²) in [5, 5.41) is 6.04. The summed E-state index contributed by atoms with van der Waals surface area (Å²) in [6.07, 6.45) is 2.27. The van der Waals surface area contributed by atoms with E-state index in [1.165, 1.54) is 31.5 Å². The van der Waals surface area contributed by atoms with Gasteiger partial charge in [0, 0.05) is 25.3 Å². The topological polar surface area (TPSA) is 53.6 Å². The largest absolute Gasteiger partial charge is 0.444 e. The van der Waals surface area contributed by atoms with Crippen LogP contribution in [0.2, 0.25) is 0 Å². The zero-order chi connectivity index (χ0) is 16.7. The second-order valence-corrected chi connectivity index (χ2v) is 7.04. The number of hydrogen-bond donors (Lipinski definition) is 2. The molecule has 23 heavy (non-hydrogen) atoms. The van der Waals surface area contributed by atoms with Crippen molar-refractivity contribution >= 4 is 11.8 Å². The van der Waals surface area contributed by atoms with Crippen molar-refractivity contribution in [2.45, 2.75) is 45.8 Å². The van der Waals surface area contributed by atoms with Gasteiger partial charge in [0.15, 0.2) is 0 Å². The molecule has 2 N–H and O–H groups in total. The highest BCUT2D eigenvalue weighted by Gasteiger charge is 2.15. The SMILES string of the molecule is CC(C)(C)OC(=O)NCCNc1ccc(CN2CCCC2)cc1. The lowest BCUT2D eigenvalue weighted by Gasteiger charge is -2.19. The number of carbonyl (C=O) groups excluding carboxylic acids is 1. The molecule has 5 nitrogen and oxygen atoms in total. The van der Waals surface area contributed by atoms with E-state index >= 15 is 0 Å². The molecule has 1 saturated heterocycles. The number of hydrogen-bond acceptors (Lipinski definition) is 4. The zero-order valence-electron chi connectivity index (χ0n) is 14.5. The Hall–Kier alpha value is -1.75. The van der Waals surface area contributed by atoms with E-state index in [1.807, 2.05) is 20.8 Å². The minimum atomic E-state index is -0.456. The highest BCUT2D eigenvalue weighted by atomic mass is 16.6. The van der Waals surface area contributed by atoms with Crippen LogP contribution < -0.4 is 10.6 Å². The lowest BCUT2D eigenvalue weighted by atomic mass is 10.2. The fraction of sp³-hybridized carbons (Fsp3) is 0.611. The molecule has 1 aromatic carbocycles. The Labute approximate surface area is 139 Å². The van der Waals surface area contributed by atoms with Crippen LogP contribution in [-0.4, -0.2) is 42.8 Å². The Morgan fingerprint density at radius 1 is 1.13 bits per heavy atom. The Bertz CT molecular complexity index is 488. The van der Waals surface area contributed by atoms with E-state index in [4.69, 9.17) is 4.74 Å². The number of anilines is 1. The number of amides is 1. The first-order valence-corrected chi connectivity index (χ1v) is 8.44. The Kier molecular flexibility index (Phi) is 6.28. The number of likely N-dealkylation sites (tertiary alicyclic amines) is 1. The third-order valence-electron chi connectivity index (χ3n) is 3.68. The molecule has 0 aliphatic carbocycles. The maximum atomic E-state index is 11.5. The van der Waals surface area contributed by atoms with E-state index in [9.17, 15) is 4.79 Å². The Balaban J connectivity index is 1.65. The first-order valence-electron chi connectivity index (χ1n) is 8.44. The summed E-state index contributed by atoms with van der Waals surface area (Å²) >= 11 is 0. The lowest BCUT2D eigenvalue weighted by Crippen LogP contribution is -2.34. The molecule has 1 aliphatic heterocycles. The molecule has 1 aromatic rings. The van der Waals surface area contributed by atoms with Crippen molar-refractivity contribution in [2.24, 2.45) is 0 Å². The predicted molar refractivity (Wildman–Crippen MR) is 93.7 cm³/mol. The summed E-state index contributed by atoms with van der Waals surface area (Å²) in [5.41, 5.74) is 1.97. The van der Waals surface area contributed by atoms with Gasteiger partial charge in [0.2, 0.25) is 0 Å². The molecule has 0 bridgehead atoms. The molecule has 1 heterocycles. The van der Waals surface area contributed by atoms with Crippen LogP contribution in [0.25, 0.3) is 0 Å². The van der Waals surface area contributed by atoms with Crippen LogP contribution in [0.3, 0.4) is 0 Å². The minimum Gasteiger partial charge on any atom is -0.444 e. The van der Waals surface area contributed by atoms with Crippen molar-refractivity contribution in [2.75, 3.05) is 31.5 Å². The standard InChI is InChI=1S/C18H29N3O2/c1-18(2,3)23-17(22)20-11-10-19-16-8-6-15(7-9-16)14-21-12-4-5-13-21/h6-9,19H,4-5,10-14H2,1-3H3,(H,20,22). The van der Waals surface area contributed by atoms with Crippen molar-refractivity contribution in [3.8, 4) is 0 Å². The Morgan fingerprint density at radius 2 is 1.78 bits per heavy atom. The number of nitrogens with zero attached hydrogens (tertiary/aromatic N) is 1. The monoisotopic (exact) mass is 319 g/mol. The molecule has 2 rings (SSSR count). The molecule has 128 valence electrons. The van der Waals surface area contributed by atoms with Crippen LogP contribution in [0.1, 0.15) is 39.2 Å². The first-order chi connectivity index (χ1) is 10.9. The number of benzene rings is 1. The van der Waals surface area contributed by atoms with Gasteiger partial charge in [0.25, 0.3) is 0 Å². The van der Waals surface area contributed by atoms with Crippen LogP contribution in [-0.2, 0) is 11.3 Å². The molecule has 0 unspecified atom stereocenters. The van der Waals surface area contributed by atoms with Gasteiger partial charge >= 0.3 is 6.09 Å². The summed E-state index contributed by atoms with van der Waals surface area (Å²) in [7, 11) is 0. The molecular weight excluding hydrogens is 290 g/mol.